The normalized spacial score (nSPS) is 10.6. The molecule has 1 aromatic heterocycles. The van der Waals surface area contributed by atoms with E-state index in [9.17, 15) is 14.4 Å². The van der Waals surface area contributed by atoms with Gasteiger partial charge in [0.05, 0.1) is 23.4 Å². The highest BCUT2D eigenvalue weighted by molar-refractivity contribution is 8.00. The lowest BCUT2D eigenvalue weighted by molar-refractivity contribution is -0.113. The molecule has 1 amide bonds. The van der Waals surface area contributed by atoms with Crippen LogP contribution < -0.4 is 10.7 Å². The average Bonchev–Trinajstić information content (AvgIpc) is 2.67. The Hall–Kier alpha value is -3.06. The number of carbonyl (C=O) groups is 2. The summed E-state index contributed by atoms with van der Waals surface area (Å²) in [5, 5.41) is 3.49. The Kier molecular flexibility index (Phi) is 5.61. The molecule has 3 rings (SSSR count). The highest BCUT2D eigenvalue weighted by Gasteiger charge is 2.21. The van der Waals surface area contributed by atoms with Crippen LogP contribution in [0.15, 0.2) is 58.4 Å². The van der Waals surface area contributed by atoms with Gasteiger partial charge in [-0.2, -0.15) is 0 Å². The van der Waals surface area contributed by atoms with Gasteiger partial charge in [0.15, 0.2) is 0 Å². The maximum atomic E-state index is 12.8. The van der Waals surface area contributed by atoms with Gasteiger partial charge in [0.2, 0.25) is 11.3 Å². The lowest BCUT2D eigenvalue weighted by atomic mass is 10.1. The van der Waals surface area contributed by atoms with Crippen LogP contribution in [-0.4, -0.2) is 29.7 Å². The van der Waals surface area contributed by atoms with E-state index in [2.05, 4.69) is 10.3 Å². The van der Waals surface area contributed by atoms with E-state index in [1.165, 1.54) is 7.11 Å². The van der Waals surface area contributed by atoms with Crippen molar-refractivity contribution >= 4 is 40.2 Å². The smallest absolute Gasteiger partial charge is 0.344 e. The van der Waals surface area contributed by atoms with Crippen molar-refractivity contribution in [1.82, 2.24) is 4.98 Å². The second kappa shape index (κ2) is 8.09. The van der Waals surface area contributed by atoms with Crippen molar-refractivity contribution in [2.24, 2.45) is 0 Å². The van der Waals surface area contributed by atoms with Crippen LogP contribution in [0.2, 0.25) is 0 Å². The van der Waals surface area contributed by atoms with Crippen LogP contribution in [0.3, 0.4) is 0 Å². The van der Waals surface area contributed by atoms with Crippen LogP contribution in [0.25, 0.3) is 10.9 Å². The van der Waals surface area contributed by atoms with E-state index in [4.69, 9.17) is 4.74 Å². The summed E-state index contributed by atoms with van der Waals surface area (Å²) in [6.07, 6.45) is 0. The molecular weight excluding hydrogens is 364 g/mol. The van der Waals surface area contributed by atoms with Gasteiger partial charge in [-0.15, -0.1) is 0 Å². The van der Waals surface area contributed by atoms with Crippen molar-refractivity contribution in [1.29, 1.82) is 0 Å². The number of anilines is 1. The summed E-state index contributed by atoms with van der Waals surface area (Å²) in [4.78, 5) is 40.2. The van der Waals surface area contributed by atoms with E-state index < -0.39 is 11.4 Å². The number of aromatic nitrogens is 1. The third-order valence-electron chi connectivity index (χ3n) is 3.92. The van der Waals surface area contributed by atoms with Crippen molar-refractivity contribution in [2.75, 3.05) is 18.2 Å². The minimum absolute atomic E-state index is 0.0339. The zero-order valence-corrected chi connectivity index (χ0v) is 15.7. The first-order valence-corrected chi connectivity index (χ1v) is 9.21. The molecule has 0 aliphatic carbocycles. The number of aryl methyl sites for hydroxylation is 1. The number of amides is 1. The number of hydrogen-bond acceptors (Lipinski definition) is 5. The Bertz CT molecular complexity index is 1060. The first-order valence-electron chi connectivity index (χ1n) is 8.22. The summed E-state index contributed by atoms with van der Waals surface area (Å²) in [5.41, 5.74) is 1.69. The van der Waals surface area contributed by atoms with Gasteiger partial charge in [-0.1, -0.05) is 41.6 Å². The highest BCUT2D eigenvalue weighted by Crippen LogP contribution is 2.23. The molecule has 0 fully saturated rings. The fraction of sp³-hybridized carbons (Fsp3) is 0.150. The summed E-state index contributed by atoms with van der Waals surface area (Å²) < 4.78 is 4.77. The Morgan fingerprint density at radius 2 is 1.89 bits per heavy atom. The number of hydrogen-bond donors (Lipinski definition) is 2. The van der Waals surface area contributed by atoms with E-state index >= 15 is 0 Å². The Morgan fingerprint density at radius 3 is 2.59 bits per heavy atom. The fourth-order valence-corrected chi connectivity index (χ4v) is 3.48. The van der Waals surface area contributed by atoms with Crippen LogP contribution in [0.4, 0.5) is 5.69 Å². The Balaban J connectivity index is 1.90. The lowest BCUT2D eigenvalue weighted by Crippen LogP contribution is -2.20. The first kappa shape index (κ1) is 18.7. The number of methoxy groups -OCH3 is 1. The first-order chi connectivity index (χ1) is 13.0. The molecular formula is C20H18N2O4S. The second-order valence-electron chi connectivity index (χ2n) is 5.90. The summed E-state index contributed by atoms with van der Waals surface area (Å²) >= 11 is 1.08. The number of pyridine rings is 1. The number of fused-ring (bicyclic) bond motifs is 1. The van der Waals surface area contributed by atoms with Crippen molar-refractivity contribution in [3.05, 3.63) is 69.9 Å². The third-order valence-corrected chi connectivity index (χ3v) is 4.92. The molecule has 3 aromatic rings. The fourth-order valence-electron chi connectivity index (χ4n) is 2.63. The van der Waals surface area contributed by atoms with Crippen LogP contribution >= 0.6 is 11.8 Å². The molecule has 0 radical (unpaired) electrons. The van der Waals surface area contributed by atoms with E-state index in [1.54, 1.807) is 24.3 Å². The summed E-state index contributed by atoms with van der Waals surface area (Å²) in [6, 6.07) is 14.4. The maximum Gasteiger partial charge on any atom is 0.344 e. The van der Waals surface area contributed by atoms with Crippen molar-refractivity contribution in [3.63, 3.8) is 0 Å². The minimum atomic E-state index is -0.731. The largest absolute Gasteiger partial charge is 0.465 e. The summed E-state index contributed by atoms with van der Waals surface area (Å²) in [7, 11) is 1.22. The van der Waals surface area contributed by atoms with Crippen LogP contribution in [-0.2, 0) is 9.53 Å². The molecule has 0 saturated carbocycles. The number of H-pyrrole nitrogens is 1. The van der Waals surface area contributed by atoms with Gasteiger partial charge in [-0.05, 0) is 31.2 Å². The van der Waals surface area contributed by atoms with Gasteiger partial charge in [0.25, 0.3) is 0 Å². The van der Waals surface area contributed by atoms with Gasteiger partial charge in [-0.25, -0.2) is 4.79 Å². The van der Waals surface area contributed by atoms with Crippen LogP contribution in [0.5, 0.6) is 0 Å². The number of ether oxygens (including phenoxy) is 1. The molecule has 0 aliphatic heterocycles. The number of thioether (sulfide) groups is 1. The quantitative estimate of drug-likeness (QED) is 0.522. The van der Waals surface area contributed by atoms with E-state index in [1.807, 2.05) is 31.2 Å². The zero-order valence-electron chi connectivity index (χ0n) is 14.9. The number of para-hydroxylation sites is 1. The van der Waals surface area contributed by atoms with Crippen LogP contribution in [0, 0.1) is 6.92 Å². The molecule has 138 valence electrons. The second-order valence-corrected chi connectivity index (χ2v) is 6.89. The lowest BCUT2D eigenvalue weighted by Gasteiger charge is -2.10. The number of nitrogens with one attached hydrogen (secondary N) is 2. The molecule has 2 aromatic carbocycles. The van der Waals surface area contributed by atoms with Crippen molar-refractivity contribution < 1.29 is 14.3 Å². The van der Waals surface area contributed by atoms with Gasteiger partial charge >= 0.3 is 5.97 Å². The number of esters is 1. The molecule has 0 saturated heterocycles. The monoisotopic (exact) mass is 382 g/mol. The maximum absolute atomic E-state index is 12.8. The molecule has 6 nitrogen and oxygen atoms in total. The molecule has 2 N–H and O–H groups in total. The molecule has 0 aliphatic rings. The van der Waals surface area contributed by atoms with Gasteiger partial charge in [-0.3, -0.25) is 9.59 Å². The number of carbonyl (C=O) groups excluding carboxylic acids is 2. The molecule has 27 heavy (non-hydrogen) atoms. The minimum Gasteiger partial charge on any atom is -0.465 e. The van der Waals surface area contributed by atoms with Crippen molar-refractivity contribution in [2.45, 2.75) is 11.9 Å². The molecule has 0 bridgehead atoms. The standard InChI is InChI=1S/C20H18N2O4S/c1-12-8-9-15-14(10-12)18(24)17(20(25)26-2)19(22-15)27-11-16(23)21-13-6-4-3-5-7-13/h3-10H,11H2,1-2H3,(H,21,23)(H,22,24). The SMILES string of the molecule is COC(=O)c1c(SCC(=O)Nc2ccccc2)[nH]c2ccc(C)cc2c1=O. The highest BCUT2D eigenvalue weighted by atomic mass is 32.2. The Labute approximate surface area is 159 Å². The van der Waals surface area contributed by atoms with Crippen molar-refractivity contribution in [3.8, 4) is 0 Å². The average molecular weight is 382 g/mol. The predicted octanol–water partition coefficient (Wildman–Crippen LogP) is 3.35. The molecule has 0 spiro atoms. The number of aromatic amines is 1. The number of rotatable bonds is 5. The van der Waals surface area contributed by atoms with Gasteiger partial charge < -0.3 is 15.0 Å². The van der Waals surface area contributed by atoms with Gasteiger partial charge in [0.1, 0.15) is 5.56 Å². The zero-order chi connectivity index (χ0) is 19.4. The van der Waals surface area contributed by atoms with E-state index in [0.29, 0.717) is 21.6 Å². The molecule has 0 unspecified atom stereocenters. The molecule has 7 heteroatoms. The predicted molar refractivity (Wildman–Crippen MR) is 106 cm³/mol. The third kappa shape index (κ3) is 4.20. The van der Waals surface area contributed by atoms with E-state index in [-0.39, 0.29) is 17.2 Å². The molecule has 0 atom stereocenters. The Morgan fingerprint density at radius 1 is 1.15 bits per heavy atom. The summed E-state index contributed by atoms with van der Waals surface area (Å²) in [6.45, 7) is 1.87. The van der Waals surface area contributed by atoms with Gasteiger partial charge in [0, 0.05) is 11.1 Å². The number of benzene rings is 2. The van der Waals surface area contributed by atoms with E-state index in [0.717, 1.165) is 17.3 Å². The van der Waals surface area contributed by atoms with Crippen LogP contribution in [0.1, 0.15) is 15.9 Å². The topological polar surface area (TPSA) is 88.3 Å². The summed E-state index contributed by atoms with van der Waals surface area (Å²) in [5.74, 6) is -0.941. The molecule has 1 heterocycles.